The fourth-order valence-corrected chi connectivity index (χ4v) is 7.49. The predicted molar refractivity (Wildman–Crippen MR) is 155 cm³/mol. The minimum atomic E-state index is -2.28. The largest absolute Gasteiger partial charge is 0.455 e. The van der Waals surface area contributed by atoms with Crippen LogP contribution < -0.4 is 0 Å². The van der Waals surface area contributed by atoms with Gasteiger partial charge in [-0.15, -0.1) is 0 Å². The Kier molecular flexibility index (Phi) is 9.51. The summed E-state index contributed by atoms with van der Waals surface area (Å²) in [5.41, 5.74) is -5.22. The summed E-state index contributed by atoms with van der Waals surface area (Å²) in [7, 11) is 0. The normalized spacial score (nSPS) is 41.5. The van der Waals surface area contributed by atoms with Crippen LogP contribution in [0.3, 0.4) is 0 Å². The number of carbonyl (C=O) groups excluding carboxylic acids is 2. The Balaban J connectivity index is 1.51. The summed E-state index contributed by atoms with van der Waals surface area (Å²) >= 11 is 0. The number of fused-ring (bicyclic) bond motifs is 5. The Morgan fingerprint density at radius 3 is 2.44 bits per heavy atom. The Labute approximate surface area is 243 Å². The number of epoxide rings is 1. The summed E-state index contributed by atoms with van der Waals surface area (Å²) < 4.78 is 11.6. The minimum Gasteiger partial charge on any atom is -0.455 e. The first-order chi connectivity index (χ1) is 19.3. The van der Waals surface area contributed by atoms with Gasteiger partial charge in [0.25, 0.3) is 0 Å². The van der Waals surface area contributed by atoms with Crippen molar-refractivity contribution in [3.63, 3.8) is 0 Å². The maximum atomic E-state index is 13.1. The van der Waals surface area contributed by atoms with Crippen molar-refractivity contribution in [1.82, 2.24) is 0 Å². The van der Waals surface area contributed by atoms with Crippen molar-refractivity contribution in [2.75, 3.05) is 0 Å². The third kappa shape index (κ3) is 5.54. The van der Waals surface area contributed by atoms with Gasteiger partial charge in [0.1, 0.15) is 23.9 Å². The van der Waals surface area contributed by atoms with Gasteiger partial charge in [-0.25, -0.2) is 4.79 Å². The number of Topliss-reactive ketones (excluding diaryl/α,β-unsaturated/α-hetero) is 1. The van der Waals surface area contributed by atoms with Gasteiger partial charge in [0.05, 0.1) is 17.6 Å². The van der Waals surface area contributed by atoms with Crippen LogP contribution >= 0.6 is 0 Å². The monoisotopic (exact) mass is 572 g/mol. The molecule has 228 valence electrons. The molecule has 2 saturated carbocycles. The van der Waals surface area contributed by atoms with E-state index >= 15 is 0 Å². The molecule has 1 saturated heterocycles. The molecule has 8 heteroatoms. The van der Waals surface area contributed by atoms with Gasteiger partial charge in [0.2, 0.25) is 0 Å². The number of aliphatic hydroxyl groups excluding tert-OH is 1. The quantitative estimate of drug-likeness (QED) is 0.0691. The predicted octanol–water partition coefficient (Wildman–Crippen LogP) is 3.86. The van der Waals surface area contributed by atoms with Crippen molar-refractivity contribution < 1.29 is 39.5 Å². The van der Waals surface area contributed by atoms with Crippen molar-refractivity contribution in [1.29, 1.82) is 0 Å². The summed E-state index contributed by atoms with van der Waals surface area (Å²) in [5, 5.41) is 46.9. The lowest BCUT2D eigenvalue weighted by atomic mass is 9.54. The number of allylic oxidation sites excluding steroid dienone is 3. The Morgan fingerprint density at radius 2 is 1.78 bits per heavy atom. The van der Waals surface area contributed by atoms with E-state index in [0.29, 0.717) is 5.57 Å². The third-order valence-corrected chi connectivity index (χ3v) is 9.96. The molecule has 1 heterocycles. The van der Waals surface area contributed by atoms with Gasteiger partial charge in [-0.05, 0) is 50.2 Å². The molecule has 4 rings (SSSR count). The highest BCUT2D eigenvalue weighted by Gasteiger charge is 2.78. The van der Waals surface area contributed by atoms with Gasteiger partial charge in [0.15, 0.2) is 11.4 Å². The molecule has 10 unspecified atom stereocenters. The number of carbonyl (C=O) groups is 2. The zero-order valence-electron chi connectivity index (χ0n) is 24.9. The molecule has 4 N–H and O–H groups in total. The summed E-state index contributed by atoms with van der Waals surface area (Å²) in [6.07, 6.45) is 13.0. The lowest BCUT2D eigenvalue weighted by Gasteiger charge is -2.57. The number of ketones is 1. The molecule has 3 fully saturated rings. The van der Waals surface area contributed by atoms with E-state index in [2.05, 4.69) is 13.5 Å². The van der Waals surface area contributed by atoms with Gasteiger partial charge >= 0.3 is 5.97 Å². The molecule has 4 aliphatic rings. The van der Waals surface area contributed by atoms with Crippen LogP contribution in [0, 0.1) is 17.8 Å². The molecule has 0 aromatic rings. The van der Waals surface area contributed by atoms with Crippen LogP contribution in [0.2, 0.25) is 0 Å². The van der Waals surface area contributed by atoms with E-state index in [1.165, 1.54) is 57.6 Å². The molecular weight excluding hydrogens is 524 g/mol. The van der Waals surface area contributed by atoms with Gasteiger partial charge in [-0.2, -0.15) is 0 Å². The van der Waals surface area contributed by atoms with E-state index in [0.717, 1.165) is 12.8 Å². The van der Waals surface area contributed by atoms with Crippen molar-refractivity contribution in [3.05, 3.63) is 48.1 Å². The number of hydrogen-bond acceptors (Lipinski definition) is 8. The molecule has 10 atom stereocenters. The first-order valence-corrected chi connectivity index (χ1v) is 15.3. The number of hydrogen-bond donors (Lipinski definition) is 4. The molecule has 0 amide bonds. The average Bonchev–Trinajstić information content (AvgIpc) is 3.67. The first-order valence-electron chi connectivity index (χ1n) is 15.3. The van der Waals surface area contributed by atoms with Crippen molar-refractivity contribution in [2.45, 2.75) is 127 Å². The van der Waals surface area contributed by atoms with Crippen LogP contribution in [0.4, 0.5) is 0 Å². The summed E-state index contributed by atoms with van der Waals surface area (Å²) in [5.74, 6) is -4.25. The second kappa shape index (κ2) is 12.3. The topological polar surface area (TPSA) is 137 Å². The lowest BCUT2D eigenvalue weighted by Crippen LogP contribution is -2.71. The summed E-state index contributed by atoms with van der Waals surface area (Å²) in [6.45, 7) is 11.1. The third-order valence-electron chi connectivity index (χ3n) is 9.96. The highest BCUT2D eigenvalue weighted by Crippen LogP contribution is 2.62. The van der Waals surface area contributed by atoms with Crippen molar-refractivity contribution in [2.24, 2.45) is 17.8 Å². The second-order valence-corrected chi connectivity index (χ2v) is 12.8. The van der Waals surface area contributed by atoms with E-state index in [9.17, 15) is 30.0 Å². The molecule has 41 heavy (non-hydrogen) atoms. The molecular formula is C33H48O8. The molecule has 0 spiro atoms. The zero-order valence-corrected chi connectivity index (χ0v) is 24.9. The highest BCUT2D eigenvalue weighted by atomic mass is 16.6. The number of rotatable bonds is 12. The Bertz CT molecular complexity index is 1110. The van der Waals surface area contributed by atoms with E-state index < -0.39 is 70.7 Å². The van der Waals surface area contributed by atoms with Crippen molar-refractivity contribution >= 4 is 11.8 Å². The number of esters is 1. The van der Waals surface area contributed by atoms with E-state index in [-0.39, 0.29) is 12.0 Å². The van der Waals surface area contributed by atoms with Crippen LogP contribution in [0.5, 0.6) is 0 Å². The molecule has 0 aromatic heterocycles. The van der Waals surface area contributed by atoms with Gasteiger partial charge in [-0.1, -0.05) is 83.3 Å². The van der Waals surface area contributed by atoms with Gasteiger partial charge in [-0.3, -0.25) is 4.79 Å². The van der Waals surface area contributed by atoms with Crippen molar-refractivity contribution in [3.8, 4) is 0 Å². The standard InChI is InChI=1S/C33H48O8/c1-6-7-8-9-10-11-12-13-14-15-16-17-24(34)40-30-25-26-27(41-26)29(36)33(39)23(18-21(4)28(33)35)32(25,38)22(5)19-31(30,37)20(2)3/h14-18,22-23,25-27,29-30,36-39H,2,6-13,19H2,1,3-5H3/b15-14+,17-16+. The average molecular weight is 573 g/mol. The summed E-state index contributed by atoms with van der Waals surface area (Å²) in [4.78, 5) is 26.1. The number of ether oxygens (including phenoxy) is 2. The first kappa shape index (κ1) is 31.8. The zero-order chi connectivity index (χ0) is 30.2. The van der Waals surface area contributed by atoms with Crippen LogP contribution in [0.1, 0.15) is 85.5 Å². The van der Waals surface area contributed by atoms with Gasteiger partial charge < -0.3 is 29.9 Å². The maximum absolute atomic E-state index is 13.1. The van der Waals surface area contributed by atoms with Crippen LogP contribution in [-0.4, -0.2) is 73.4 Å². The smallest absolute Gasteiger partial charge is 0.331 e. The molecule has 3 aliphatic carbocycles. The van der Waals surface area contributed by atoms with Gasteiger partial charge in [0, 0.05) is 12.0 Å². The lowest BCUT2D eigenvalue weighted by molar-refractivity contribution is -0.251. The van der Waals surface area contributed by atoms with E-state index in [1.807, 2.05) is 6.08 Å². The highest BCUT2D eigenvalue weighted by molar-refractivity contribution is 6.05. The molecule has 8 nitrogen and oxygen atoms in total. The summed E-state index contributed by atoms with van der Waals surface area (Å²) in [6, 6.07) is 0. The van der Waals surface area contributed by atoms with E-state index in [1.54, 1.807) is 26.0 Å². The Hall–Kier alpha value is -2.10. The maximum Gasteiger partial charge on any atom is 0.331 e. The van der Waals surface area contributed by atoms with Crippen LogP contribution in [0.15, 0.2) is 48.1 Å². The Morgan fingerprint density at radius 1 is 1.12 bits per heavy atom. The van der Waals surface area contributed by atoms with Crippen LogP contribution in [-0.2, 0) is 19.1 Å². The SMILES string of the molecule is C=C(C)C1(O)CC(C)C2(O)C(C3OC3C(O)C3(O)C(=O)C(C)=CC32)C1OC(=O)/C=C/C=C/CCCCCCCCC. The fraction of sp³-hybridized carbons (Fsp3) is 0.697. The molecule has 0 radical (unpaired) electrons. The molecule has 0 aromatic carbocycles. The second-order valence-electron chi connectivity index (χ2n) is 12.8. The molecule has 1 aliphatic heterocycles. The minimum absolute atomic E-state index is 0.0313. The van der Waals surface area contributed by atoms with Crippen LogP contribution in [0.25, 0.3) is 0 Å². The molecule has 0 bridgehead atoms. The number of aliphatic hydroxyl groups is 4. The number of unbranched alkanes of at least 4 members (excludes halogenated alkanes) is 7. The van der Waals surface area contributed by atoms with E-state index in [4.69, 9.17) is 9.47 Å². The fourth-order valence-electron chi connectivity index (χ4n) is 7.49.